The Morgan fingerprint density at radius 3 is 1.57 bits per heavy atom. The van der Waals surface area contributed by atoms with Crippen LogP contribution in [0.5, 0.6) is 0 Å². The van der Waals surface area contributed by atoms with E-state index in [1.807, 2.05) is 0 Å². The van der Waals surface area contributed by atoms with Crippen molar-refractivity contribution in [1.82, 2.24) is 0 Å². The maximum Gasteiger partial charge on any atom is 0.316 e. The molecule has 0 aliphatic heterocycles. The van der Waals surface area contributed by atoms with E-state index >= 15 is 0 Å². The van der Waals surface area contributed by atoms with Crippen LogP contribution < -0.4 is 0 Å². The smallest absolute Gasteiger partial charge is 0.316 e. The normalized spacial score (nSPS) is 8.71. The Balaban J connectivity index is 0. The van der Waals surface area contributed by atoms with Crippen molar-refractivity contribution in [3.8, 4) is 0 Å². The topological polar surface area (TPSA) is 52.6 Å². The van der Waals surface area contributed by atoms with Crippen molar-refractivity contribution in [3.63, 3.8) is 0 Å². The van der Waals surface area contributed by atoms with E-state index in [0.717, 1.165) is 5.88 Å². The van der Waals surface area contributed by atoms with E-state index in [2.05, 4.69) is 23.3 Å². The lowest BCUT2D eigenvalue weighted by molar-refractivity contribution is -0.151. The van der Waals surface area contributed by atoms with E-state index in [-0.39, 0.29) is 6.42 Å². The van der Waals surface area contributed by atoms with Gasteiger partial charge in [-0.05, 0) is 5.92 Å². The molecule has 0 amide bonds. The van der Waals surface area contributed by atoms with Gasteiger partial charge in [0.2, 0.25) is 0 Å². The van der Waals surface area contributed by atoms with Crippen molar-refractivity contribution in [1.29, 1.82) is 0 Å². The molecule has 0 N–H and O–H groups in total. The predicted octanol–water partition coefficient (Wildman–Crippen LogP) is 1.60. The number of ether oxygens (including phenoxy) is 2. The van der Waals surface area contributed by atoms with Crippen molar-refractivity contribution >= 4 is 23.5 Å². The molecule has 0 aromatic rings. The lowest BCUT2D eigenvalue weighted by Crippen LogP contribution is -2.09. The number of esters is 2. The summed E-state index contributed by atoms with van der Waals surface area (Å²) in [5.74, 6) is 0.264. The highest BCUT2D eigenvalue weighted by molar-refractivity contribution is 6.18. The monoisotopic (exact) mass is 224 g/mol. The highest BCUT2D eigenvalue weighted by atomic mass is 35.5. The number of carbonyl (C=O) groups excluding carboxylic acids is 2. The van der Waals surface area contributed by atoms with Gasteiger partial charge in [-0.15, -0.1) is 11.6 Å². The van der Waals surface area contributed by atoms with Crippen molar-refractivity contribution in [2.24, 2.45) is 5.92 Å². The third-order valence-electron chi connectivity index (χ3n) is 1.05. The van der Waals surface area contributed by atoms with Crippen LogP contribution >= 0.6 is 11.6 Å². The minimum atomic E-state index is -0.582. The molecule has 0 unspecified atom stereocenters. The highest BCUT2D eigenvalue weighted by Crippen LogP contribution is 1.91. The van der Waals surface area contributed by atoms with E-state index in [1.165, 1.54) is 14.2 Å². The Hall–Kier alpha value is -0.770. The van der Waals surface area contributed by atoms with E-state index in [0.29, 0.717) is 5.92 Å². The molecular formula is C9H17ClO4. The Labute approximate surface area is 89.5 Å². The molecular weight excluding hydrogens is 208 g/mol. The number of carbonyl (C=O) groups is 2. The summed E-state index contributed by atoms with van der Waals surface area (Å²) in [4.78, 5) is 20.5. The Kier molecular flexibility index (Phi) is 11.6. The van der Waals surface area contributed by atoms with Gasteiger partial charge in [0, 0.05) is 5.88 Å². The van der Waals surface area contributed by atoms with Crippen LogP contribution in [0.4, 0.5) is 0 Å². The fourth-order valence-corrected chi connectivity index (χ4v) is 0.262. The van der Waals surface area contributed by atoms with Gasteiger partial charge < -0.3 is 9.47 Å². The molecule has 0 radical (unpaired) electrons. The summed E-state index contributed by atoms with van der Waals surface area (Å²) in [6.07, 6.45) is -0.312. The van der Waals surface area contributed by atoms with Crippen LogP contribution in [0.3, 0.4) is 0 Å². The quantitative estimate of drug-likeness (QED) is 0.415. The fourth-order valence-electron chi connectivity index (χ4n) is 0.262. The number of hydrogen-bond acceptors (Lipinski definition) is 4. The Morgan fingerprint density at radius 1 is 1.14 bits per heavy atom. The minimum absolute atomic E-state index is 0.312. The first-order chi connectivity index (χ1) is 6.47. The maximum absolute atomic E-state index is 10.3. The molecule has 0 aliphatic rings. The molecule has 0 aliphatic carbocycles. The summed E-state index contributed by atoms with van der Waals surface area (Å²) in [7, 11) is 2.43. The molecule has 0 fully saturated rings. The van der Waals surface area contributed by atoms with Crippen LogP contribution in [0.25, 0.3) is 0 Å². The molecule has 0 aromatic heterocycles. The molecule has 0 bridgehead atoms. The summed E-state index contributed by atoms with van der Waals surface area (Å²) < 4.78 is 8.37. The van der Waals surface area contributed by atoms with Gasteiger partial charge in [0.15, 0.2) is 0 Å². The summed E-state index contributed by atoms with van der Waals surface area (Å²) in [5.41, 5.74) is 0. The van der Waals surface area contributed by atoms with E-state index in [9.17, 15) is 9.59 Å². The molecule has 0 atom stereocenters. The number of rotatable bonds is 3. The van der Waals surface area contributed by atoms with Gasteiger partial charge >= 0.3 is 11.9 Å². The molecule has 0 rings (SSSR count). The third kappa shape index (κ3) is 13.8. The highest BCUT2D eigenvalue weighted by Gasteiger charge is 2.07. The summed E-state index contributed by atoms with van der Waals surface area (Å²) in [5, 5.41) is 0. The second kappa shape index (κ2) is 10.3. The summed E-state index contributed by atoms with van der Waals surface area (Å²) >= 11 is 5.34. The van der Waals surface area contributed by atoms with Gasteiger partial charge in [-0.2, -0.15) is 0 Å². The zero-order valence-electron chi connectivity index (χ0n) is 9.00. The molecule has 0 aromatic carbocycles. The molecule has 14 heavy (non-hydrogen) atoms. The summed E-state index contributed by atoms with van der Waals surface area (Å²) in [6, 6.07) is 0. The molecule has 0 spiro atoms. The van der Waals surface area contributed by atoms with Gasteiger partial charge in [0.05, 0.1) is 14.2 Å². The van der Waals surface area contributed by atoms with Crippen LogP contribution in [-0.4, -0.2) is 32.0 Å². The Morgan fingerprint density at radius 2 is 1.43 bits per heavy atom. The van der Waals surface area contributed by atoms with E-state index in [4.69, 9.17) is 11.6 Å². The standard InChI is InChI=1S/C5H8O4.C4H9Cl/c1-8-4(6)3-5(7)9-2;1-4(2)3-5/h3H2,1-2H3;4H,3H2,1-2H3. The zero-order valence-corrected chi connectivity index (χ0v) is 9.76. The number of alkyl halides is 1. The second-order valence-corrected chi connectivity index (χ2v) is 3.19. The SMILES string of the molecule is CC(C)CCl.COC(=O)CC(=O)OC. The lowest BCUT2D eigenvalue weighted by atomic mass is 10.3. The van der Waals surface area contributed by atoms with Crippen LogP contribution in [0.1, 0.15) is 20.3 Å². The molecule has 5 heteroatoms. The first-order valence-corrected chi connectivity index (χ1v) is 4.70. The van der Waals surface area contributed by atoms with Crippen molar-refractivity contribution < 1.29 is 19.1 Å². The third-order valence-corrected chi connectivity index (χ3v) is 1.67. The van der Waals surface area contributed by atoms with Gasteiger partial charge in [0.25, 0.3) is 0 Å². The van der Waals surface area contributed by atoms with Crippen molar-refractivity contribution in [3.05, 3.63) is 0 Å². The van der Waals surface area contributed by atoms with Gasteiger partial charge in [0.1, 0.15) is 6.42 Å². The van der Waals surface area contributed by atoms with E-state index < -0.39 is 11.9 Å². The zero-order chi connectivity index (χ0) is 11.6. The molecule has 84 valence electrons. The molecule has 0 saturated heterocycles. The van der Waals surface area contributed by atoms with Crippen LogP contribution in [0.2, 0.25) is 0 Å². The number of hydrogen-bond donors (Lipinski definition) is 0. The van der Waals surface area contributed by atoms with Crippen LogP contribution in [0.15, 0.2) is 0 Å². The molecule has 0 heterocycles. The average molecular weight is 225 g/mol. The van der Waals surface area contributed by atoms with Crippen molar-refractivity contribution in [2.45, 2.75) is 20.3 Å². The Bertz CT molecular complexity index is 154. The van der Waals surface area contributed by atoms with Crippen LogP contribution in [0, 0.1) is 5.92 Å². The lowest BCUT2D eigenvalue weighted by Gasteiger charge is -1.95. The molecule has 4 nitrogen and oxygen atoms in total. The minimum Gasteiger partial charge on any atom is -0.469 e. The fraction of sp³-hybridized carbons (Fsp3) is 0.778. The number of methoxy groups -OCH3 is 2. The average Bonchev–Trinajstić information content (AvgIpc) is 2.18. The predicted molar refractivity (Wildman–Crippen MR) is 54.2 cm³/mol. The first-order valence-electron chi connectivity index (χ1n) is 4.17. The van der Waals surface area contributed by atoms with Gasteiger partial charge in [-0.1, -0.05) is 13.8 Å². The van der Waals surface area contributed by atoms with Gasteiger partial charge in [-0.3, -0.25) is 9.59 Å². The number of halogens is 1. The second-order valence-electron chi connectivity index (χ2n) is 2.88. The van der Waals surface area contributed by atoms with Crippen molar-refractivity contribution in [2.75, 3.05) is 20.1 Å². The first kappa shape index (κ1) is 15.7. The van der Waals surface area contributed by atoms with E-state index in [1.54, 1.807) is 0 Å². The molecule has 0 saturated carbocycles. The summed E-state index contributed by atoms with van der Waals surface area (Å²) in [6.45, 7) is 4.18. The van der Waals surface area contributed by atoms with Crippen LogP contribution in [-0.2, 0) is 19.1 Å². The largest absolute Gasteiger partial charge is 0.469 e. The van der Waals surface area contributed by atoms with Gasteiger partial charge in [-0.25, -0.2) is 0 Å². The maximum atomic E-state index is 10.3.